The van der Waals surface area contributed by atoms with E-state index in [9.17, 15) is 23.1 Å². The lowest BCUT2D eigenvalue weighted by Gasteiger charge is -2.34. The van der Waals surface area contributed by atoms with Crippen LogP contribution in [-0.4, -0.2) is 35.0 Å². The Bertz CT molecular complexity index is 1080. The largest absolute Gasteiger partial charge is 0.416 e. The summed E-state index contributed by atoms with van der Waals surface area (Å²) in [7, 11) is 1.50. The molecule has 3 aliphatic rings. The molecular formula is C27H37F3N4O3. The second-order valence-electron chi connectivity index (χ2n) is 9.64. The number of aliphatic hydroxyl groups is 1. The third-order valence-electron chi connectivity index (χ3n) is 7.24. The molecule has 1 amide bonds. The summed E-state index contributed by atoms with van der Waals surface area (Å²) in [6, 6.07) is 3.10. The van der Waals surface area contributed by atoms with E-state index < -0.39 is 18.3 Å². The van der Waals surface area contributed by atoms with Crippen LogP contribution >= 0.6 is 0 Å². The van der Waals surface area contributed by atoms with Crippen molar-refractivity contribution in [1.29, 1.82) is 0 Å². The van der Waals surface area contributed by atoms with Gasteiger partial charge in [-0.05, 0) is 85.9 Å². The van der Waals surface area contributed by atoms with Crippen LogP contribution in [0, 0.1) is 5.92 Å². The minimum absolute atomic E-state index is 0.235. The number of carbonyl (C=O) groups excluding carboxylic acids is 1. The third-order valence-corrected chi connectivity index (χ3v) is 7.24. The molecule has 0 spiro atoms. The molecule has 0 radical (unpaired) electrons. The van der Waals surface area contributed by atoms with Crippen molar-refractivity contribution >= 4 is 12.2 Å². The Hall–Kier alpha value is -2.69. The third kappa shape index (κ3) is 6.61. The second kappa shape index (κ2) is 12.7. The number of aliphatic hydroxyl groups excluding tert-OH is 1. The van der Waals surface area contributed by atoms with Gasteiger partial charge in [0.25, 0.3) is 0 Å². The summed E-state index contributed by atoms with van der Waals surface area (Å²) in [4.78, 5) is 17.2. The highest BCUT2D eigenvalue weighted by Crippen LogP contribution is 2.36. The van der Waals surface area contributed by atoms with Gasteiger partial charge in [0, 0.05) is 17.8 Å². The van der Waals surface area contributed by atoms with Crippen molar-refractivity contribution in [3.05, 3.63) is 57.3 Å². The van der Waals surface area contributed by atoms with E-state index in [1.165, 1.54) is 36.4 Å². The number of likely N-dealkylation sites (tertiary alicyclic amines) is 1. The van der Waals surface area contributed by atoms with Gasteiger partial charge in [-0.3, -0.25) is 4.79 Å². The van der Waals surface area contributed by atoms with E-state index in [4.69, 9.17) is 10.5 Å². The van der Waals surface area contributed by atoms with Crippen LogP contribution in [0.3, 0.4) is 0 Å². The number of nitrogens with two attached hydrogens (primary N) is 2. The first-order valence-electron chi connectivity index (χ1n) is 12.7. The smallest absolute Gasteiger partial charge is 0.392 e. The quantitative estimate of drug-likeness (QED) is 0.519. The van der Waals surface area contributed by atoms with Gasteiger partial charge < -0.3 is 26.2 Å². The van der Waals surface area contributed by atoms with Crippen molar-refractivity contribution in [2.75, 3.05) is 19.3 Å². The van der Waals surface area contributed by atoms with Crippen molar-refractivity contribution in [2.24, 2.45) is 11.7 Å². The molecule has 1 fully saturated rings. The summed E-state index contributed by atoms with van der Waals surface area (Å²) in [6.45, 7) is 3.82. The molecule has 10 heteroatoms. The Balaban J connectivity index is 0.000000199. The van der Waals surface area contributed by atoms with Gasteiger partial charge in [0.15, 0.2) is 0 Å². The Labute approximate surface area is 216 Å². The number of ether oxygens (including phenoxy) is 1. The number of aromatic nitrogens is 1. The maximum Gasteiger partial charge on any atom is 0.416 e. The number of hydrogen-bond donors (Lipinski definition) is 3. The molecule has 1 saturated heterocycles. The Morgan fingerprint density at radius 3 is 2.57 bits per heavy atom. The standard InChI is InChI=1S/C14H16F3NO2.C12H16N2O.CH5N/c15-14(16,17)11-4-5-12(10(7-11)8-19)13-3-1-2-6-18(13)9-20;1-7-2-3-11-8(4-7)9-5-15-6-10(9)12(13)14-11;1-2/h4-5,7,9,13,19H,1-3,6,8H2;7H,2-6H2,1H3,(H2,13,14);2H2,1H3/t13-;7-;/m10./s1. The minimum Gasteiger partial charge on any atom is -0.392 e. The molecule has 2 atom stereocenters. The fraction of sp³-hybridized carbons (Fsp3) is 0.556. The second-order valence-corrected chi connectivity index (χ2v) is 9.64. The number of pyridine rings is 1. The van der Waals surface area contributed by atoms with E-state index in [0.717, 1.165) is 62.3 Å². The first kappa shape index (κ1) is 28.9. The Morgan fingerprint density at radius 1 is 1.16 bits per heavy atom. The van der Waals surface area contributed by atoms with Crippen molar-refractivity contribution in [2.45, 2.75) is 77.5 Å². The summed E-state index contributed by atoms with van der Waals surface area (Å²) in [6.07, 6.45) is 2.27. The highest BCUT2D eigenvalue weighted by atomic mass is 19.4. The molecule has 5 rings (SSSR count). The Kier molecular flexibility index (Phi) is 9.92. The lowest BCUT2D eigenvalue weighted by Crippen LogP contribution is -2.32. The molecule has 1 aromatic carbocycles. The average molecular weight is 523 g/mol. The average Bonchev–Trinajstić information content (AvgIpc) is 3.41. The SMILES string of the molecule is CN.C[C@H]1CCc2nc(N)c3c(c2C1)COC3.O=CN1CCCC[C@@H]1c1ccc(C(F)(F)F)cc1CO. The van der Waals surface area contributed by atoms with Gasteiger partial charge in [0.05, 0.1) is 31.4 Å². The predicted octanol–water partition coefficient (Wildman–Crippen LogP) is 4.27. The molecule has 37 heavy (non-hydrogen) atoms. The van der Waals surface area contributed by atoms with E-state index in [2.05, 4.69) is 17.6 Å². The van der Waals surface area contributed by atoms with Gasteiger partial charge in [-0.15, -0.1) is 0 Å². The Morgan fingerprint density at radius 2 is 1.89 bits per heavy atom. The highest BCUT2D eigenvalue weighted by molar-refractivity contribution is 5.52. The van der Waals surface area contributed by atoms with Crippen LogP contribution in [0.1, 0.15) is 77.7 Å². The summed E-state index contributed by atoms with van der Waals surface area (Å²) in [5.41, 5.74) is 15.6. The molecule has 0 bridgehead atoms. The molecule has 7 nitrogen and oxygen atoms in total. The van der Waals surface area contributed by atoms with E-state index in [1.807, 2.05) is 0 Å². The van der Waals surface area contributed by atoms with Crippen molar-refractivity contribution in [3.8, 4) is 0 Å². The van der Waals surface area contributed by atoms with Crippen molar-refractivity contribution < 1.29 is 27.8 Å². The number of piperidine rings is 1. The number of nitrogens with zero attached hydrogens (tertiary/aromatic N) is 2. The summed E-state index contributed by atoms with van der Waals surface area (Å²) in [5, 5.41) is 9.32. The molecule has 1 aromatic heterocycles. The number of benzene rings is 1. The number of anilines is 1. The van der Waals surface area contributed by atoms with Crippen LogP contribution in [0.4, 0.5) is 19.0 Å². The number of hydrogen-bond acceptors (Lipinski definition) is 6. The van der Waals surface area contributed by atoms with Gasteiger partial charge in [0.2, 0.25) is 6.41 Å². The van der Waals surface area contributed by atoms with E-state index >= 15 is 0 Å². The van der Waals surface area contributed by atoms with Gasteiger partial charge >= 0.3 is 6.18 Å². The number of nitrogen functional groups attached to an aromatic ring is 1. The number of rotatable bonds is 3. The first-order chi connectivity index (χ1) is 17.7. The van der Waals surface area contributed by atoms with Crippen LogP contribution in [0.15, 0.2) is 18.2 Å². The zero-order valence-corrected chi connectivity index (χ0v) is 21.5. The van der Waals surface area contributed by atoms with Gasteiger partial charge in [-0.2, -0.15) is 13.2 Å². The van der Waals surface area contributed by atoms with E-state index in [-0.39, 0.29) is 11.6 Å². The van der Waals surface area contributed by atoms with Crippen LogP contribution in [0.5, 0.6) is 0 Å². The molecule has 0 unspecified atom stereocenters. The molecule has 204 valence electrons. The van der Waals surface area contributed by atoms with Crippen LogP contribution in [0.2, 0.25) is 0 Å². The maximum absolute atomic E-state index is 12.7. The number of alkyl halides is 3. The summed E-state index contributed by atoms with van der Waals surface area (Å²) < 4.78 is 43.5. The molecular weight excluding hydrogens is 485 g/mol. The van der Waals surface area contributed by atoms with Crippen LogP contribution < -0.4 is 11.5 Å². The van der Waals surface area contributed by atoms with E-state index in [1.54, 1.807) is 4.90 Å². The number of amides is 1. The van der Waals surface area contributed by atoms with E-state index in [0.29, 0.717) is 31.0 Å². The normalized spacial score (nSPS) is 20.6. The van der Waals surface area contributed by atoms with Crippen LogP contribution in [0.25, 0.3) is 0 Å². The van der Waals surface area contributed by atoms with Crippen molar-refractivity contribution in [1.82, 2.24) is 9.88 Å². The molecule has 0 saturated carbocycles. The van der Waals surface area contributed by atoms with Gasteiger partial charge in [-0.25, -0.2) is 4.98 Å². The van der Waals surface area contributed by atoms with Gasteiger partial charge in [0.1, 0.15) is 5.82 Å². The molecule has 1 aliphatic carbocycles. The maximum atomic E-state index is 12.7. The fourth-order valence-electron chi connectivity index (χ4n) is 5.32. The minimum atomic E-state index is -4.43. The lowest BCUT2D eigenvalue weighted by atomic mass is 9.84. The highest BCUT2D eigenvalue weighted by Gasteiger charge is 2.32. The summed E-state index contributed by atoms with van der Waals surface area (Å²) >= 11 is 0. The molecule has 2 aliphatic heterocycles. The molecule has 3 heterocycles. The number of fused-ring (bicyclic) bond motifs is 3. The van der Waals surface area contributed by atoms with Crippen molar-refractivity contribution in [3.63, 3.8) is 0 Å². The first-order valence-corrected chi connectivity index (χ1v) is 12.7. The van der Waals surface area contributed by atoms with Crippen LogP contribution in [-0.2, 0) is 48.4 Å². The zero-order chi connectivity index (χ0) is 27.2. The number of aryl methyl sites for hydroxylation is 1. The summed E-state index contributed by atoms with van der Waals surface area (Å²) in [5.74, 6) is 1.46. The topological polar surface area (TPSA) is 115 Å². The lowest BCUT2D eigenvalue weighted by molar-refractivity contribution is -0.137. The predicted molar refractivity (Wildman–Crippen MR) is 135 cm³/mol. The van der Waals surface area contributed by atoms with Gasteiger partial charge in [-0.1, -0.05) is 13.0 Å². The fourth-order valence-corrected chi connectivity index (χ4v) is 5.32. The molecule has 5 N–H and O–H groups in total. The monoisotopic (exact) mass is 522 g/mol. The zero-order valence-electron chi connectivity index (χ0n) is 21.5. The number of carbonyl (C=O) groups is 1. The number of halogens is 3. The molecule has 2 aromatic rings.